The van der Waals surface area contributed by atoms with E-state index >= 15 is 0 Å². The van der Waals surface area contributed by atoms with Crippen LogP contribution in [0.2, 0.25) is 0 Å². The lowest BCUT2D eigenvalue weighted by Crippen LogP contribution is -2.12. The number of pyridine rings is 1. The Bertz CT molecular complexity index is 302. The van der Waals surface area contributed by atoms with Crippen LogP contribution in [-0.2, 0) is 0 Å². The highest BCUT2D eigenvalue weighted by Crippen LogP contribution is 2.23. The molecule has 0 bridgehead atoms. The predicted molar refractivity (Wildman–Crippen MR) is 59.7 cm³/mol. The van der Waals surface area contributed by atoms with Gasteiger partial charge in [0.1, 0.15) is 5.75 Å². The van der Waals surface area contributed by atoms with Gasteiger partial charge >= 0.3 is 0 Å². The maximum Gasteiger partial charge on any atom is 0.138 e. The third-order valence-corrected chi connectivity index (χ3v) is 2.83. The molecule has 15 heavy (non-hydrogen) atoms. The fourth-order valence-corrected chi connectivity index (χ4v) is 1.93. The summed E-state index contributed by atoms with van der Waals surface area (Å²) in [7, 11) is 0. The molecule has 0 spiro atoms. The Balaban J connectivity index is 1.97. The maximum atomic E-state index is 5.81. The van der Waals surface area contributed by atoms with Crippen molar-refractivity contribution in [2.24, 2.45) is 5.73 Å². The van der Waals surface area contributed by atoms with Crippen molar-refractivity contribution in [1.29, 1.82) is 0 Å². The first kappa shape index (κ1) is 10.4. The van der Waals surface area contributed by atoms with Gasteiger partial charge in [0.25, 0.3) is 0 Å². The van der Waals surface area contributed by atoms with Crippen LogP contribution in [-0.4, -0.2) is 11.1 Å². The molecule has 1 aromatic heterocycles. The molecule has 1 fully saturated rings. The molecule has 3 heteroatoms. The smallest absolute Gasteiger partial charge is 0.138 e. The quantitative estimate of drug-likeness (QED) is 0.826. The summed E-state index contributed by atoms with van der Waals surface area (Å²) in [5, 5.41) is 0. The SMILES string of the molecule is C[C@@H](N)c1ccc(OC2CCCC2)cn1. The first-order valence-corrected chi connectivity index (χ1v) is 5.64. The molecule has 1 atom stereocenters. The van der Waals surface area contributed by atoms with Crippen LogP contribution in [0.1, 0.15) is 44.3 Å². The summed E-state index contributed by atoms with van der Waals surface area (Å²) in [6, 6.07) is 3.89. The van der Waals surface area contributed by atoms with E-state index in [1.165, 1.54) is 25.7 Å². The monoisotopic (exact) mass is 206 g/mol. The van der Waals surface area contributed by atoms with Crippen molar-refractivity contribution in [3.05, 3.63) is 24.0 Å². The summed E-state index contributed by atoms with van der Waals surface area (Å²) in [6.07, 6.45) is 7.10. The fraction of sp³-hybridized carbons (Fsp3) is 0.583. The van der Waals surface area contributed by atoms with E-state index in [0.717, 1.165) is 11.4 Å². The largest absolute Gasteiger partial charge is 0.489 e. The van der Waals surface area contributed by atoms with Crippen LogP contribution in [0, 0.1) is 0 Å². The molecule has 0 aliphatic heterocycles. The van der Waals surface area contributed by atoms with Gasteiger partial charge in [-0.3, -0.25) is 4.98 Å². The molecule has 0 unspecified atom stereocenters. The van der Waals surface area contributed by atoms with Crippen LogP contribution in [0.15, 0.2) is 18.3 Å². The average Bonchev–Trinajstić information content (AvgIpc) is 2.71. The van der Waals surface area contributed by atoms with Crippen LogP contribution in [0.25, 0.3) is 0 Å². The summed E-state index contributed by atoms with van der Waals surface area (Å²) >= 11 is 0. The van der Waals surface area contributed by atoms with Gasteiger partial charge in [0.2, 0.25) is 0 Å². The predicted octanol–water partition coefficient (Wildman–Crippen LogP) is 2.42. The molecule has 1 aromatic rings. The highest BCUT2D eigenvalue weighted by molar-refractivity contribution is 5.21. The van der Waals surface area contributed by atoms with Gasteiger partial charge in [0.05, 0.1) is 18.0 Å². The normalized spacial score (nSPS) is 19.1. The van der Waals surface area contributed by atoms with Crippen LogP contribution < -0.4 is 10.5 Å². The van der Waals surface area contributed by atoms with Crippen LogP contribution in [0.5, 0.6) is 5.75 Å². The molecule has 2 N–H and O–H groups in total. The second kappa shape index (κ2) is 4.62. The van der Waals surface area contributed by atoms with E-state index in [0.29, 0.717) is 6.10 Å². The van der Waals surface area contributed by atoms with E-state index in [1.807, 2.05) is 19.1 Å². The number of rotatable bonds is 3. The van der Waals surface area contributed by atoms with Crippen molar-refractivity contribution in [1.82, 2.24) is 4.98 Å². The molecule has 0 radical (unpaired) electrons. The van der Waals surface area contributed by atoms with E-state index in [9.17, 15) is 0 Å². The van der Waals surface area contributed by atoms with Gasteiger partial charge in [-0.2, -0.15) is 0 Å². The van der Waals surface area contributed by atoms with Gasteiger partial charge in [-0.1, -0.05) is 0 Å². The van der Waals surface area contributed by atoms with Crippen molar-refractivity contribution in [3.8, 4) is 5.75 Å². The summed E-state index contributed by atoms with van der Waals surface area (Å²) in [4.78, 5) is 4.27. The van der Waals surface area contributed by atoms with Gasteiger partial charge in [0.15, 0.2) is 0 Å². The minimum Gasteiger partial charge on any atom is -0.489 e. The number of aromatic nitrogens is 1. The zero-order valence-electron chi connectivity index (χ0n) is 9.15. The van der Waals surface area contributed by atoms with Crippen molar-refractivity contribution < 1.29 is 4.74 Å². The zero-order valence-corrected chi connectivity index (χ0v) is 9.15. The van der Waals surface area contributed by atoms with Crippen molar-refractivity contribution in [3.63, 3.8) is 0 Å². The fourth-order valence-electron chi connectivity index (χ4n) is 1.93. The zero-order chi connectivity index (χ0) is 10.7. The minimum atomic E-state index is -0.00877. The summed E-state index contributed by atoms with van der Waals surface area (Å²) < 4.78 is 5.81. The Morgan fingerprint density at radius 1 is 1.40 bits per heavy atom. The standard InChI is InChI=1S/C12H18N2O/c1-9(13)12-7-6-11(8-14-12)15-10-4-2-3-5-10/h6-10H,2-5,13H2,1H3/t9-/m1/s1. The molecule has 0 saturated heterocycles. The Morgan fingerprint density at radius 3 is 2.67 bits per heavy atom. The summed E-state index contributed by atoms with van der Waals surface area (Å²) in [6.45, 7) is 1.93. The molecule has 2 rings (SSSR count). The van der Waals surface area contributed by atoms with Gasteiger partial charge in [-0.25, -0.2) is 0 Å². The number of hydrogen-bond donors (Lipinski definition) is 1. The Morgan fingerprint density at radius 2 is 2.13 bits per heavy atom. The highest BCUT2D eigenvalue weighted by atomic mass is 16.5. The lowest BCUT2D eigenvalue weighted by Gasteiger charge is -2.13. The van der Waals surface area contributed by atoms with E-state index < -0.39 is 0 Å². The third kappa shape index (κ3) is 2.69. The van der Waals surface area contributed by atoms with Crippen LogP contribution in [0.3, 0.4) is 0 Å². The molecule has 3 nitrogen and oxygen atoms in total. The second-order valence-electron chi connectivity index (χ2n) is 4.23. The van der Waals surface area contributed by atoms with Crippen LogP contribution >= 0.6 is 0 Å². The molecule has 0 amide bonds. The number of hydrogen-bond acceptors (Lipinski definition) is 3. The Hall–Kier alpha value is -1.09. The van der Waals surface area contributed by atoms with Crippen molar-refractivity contribution >= 4 is 0 Å². The average molecular weight is 206 g/mol. The topological polar surface area (TPSA) is 48.1 Å². The number of nitrogens with zero attached hydrogens (tertiary/aromatic N) is 1. The van der Waals surface area contributed by atoms with Crippen LogP contribution in [0.4, 0.5) is 0 Å². The summed E-state index contributed by atoms with van der Waals surface area (Å²) in [5.74, 6) is 0.867. The molecule has 1 aliphatic rings. The summed E-state index contributed by atoms with van der Waals surface area (Å²) in [5.41, 5.74) is 6.63. The van der Waals surface area contributed by atoms with Crippen molar-refractivity contribution in [2.75, 3.05) is 0 Å². The van der Waals surface area contributed by atoms with E-state index in [4.69, 9.17) is 10.5 Å². The van der Waals surface area contributed by atoms with Crippen molar-refractivity contribution in [2.45, 2.75) is 44.8 Å². The number of nitrogens with two attached hydrogens (primary N) is 1. The third-order valence-electron chi connectivity index (χ3n) is 2.83. The molecule has 82 valence electrons. The maximum absolute atomic E-state index is 5.81. The molecule has 1 saturated carbocycles. The minimum absolute atomic E-state index is 0.00877. The lowest BCUT2D eigenvalue weighted by atomic mass is 10.2. The molecule has 1 heterocycles. The second-order valence-corrected chi connectivity index (χ2v) is 4.23. The Kier molecular flexibility index (Phi) is 3.21. The lowest BCUT2D eigenvalue weighted by molar-refractivity contribution is 0.209. The van der Waals surface area contributed by atoms with E-state index in [2.05, 4.69) is 4.98 Å². The molecule has 1 aliphatic carbocycles. The van der Waals surface area contributed by atoms with Gasteiger partial charge in [-0.15, -0.1) is 0 Å². The van der Waals surface area contributed by atoms with E-state index in [1.54, 1.807) is 6.20 Å². The first-order chi connectivity index (χ1) is 7.25. The van der Waals surface area contributed by atoms with Gasteiger partial charge in [0, 0.05) is 6.04 Å². The highest BCUT2D eigenvalue weighted by Gasteiger charge is 2.16. The first-order valence-electron chi connectivity index (χ1n) is 5.64. The van der Waals surface area contributed by atoms with Gasteiger partial charge in [-0.05, 0) is 44.7 Å². The van der Waals surface area contributed by atoms with Gasteiger partial charge < -0.3 is 10.5 Å². The number of ether oxygens (including phenoxy) is 1. The molecule has 0 aromatic carbocycles. The van der Waals surface area contributed by atoms with E-state index in [-0.39, 0.29) is 6.04 Å². The molecular weight excluding hydrogens is 188 g/mol. The Labute approximate surface area is 90.7 Å². The molecular formula is C12H18N2O.